The predicted molar refractivity (Wildman–Crippen MR) is 87.3 cm³/mol. The molecule has 22 heavy (non-hydrogen) atoms. The van der Waals surface area contributed by atoms with E-state index in [4.69, 9.17) is 11.6 Å². The fourth-order valence-electron chi connectivity index (χ4n) is 3.35. The molecule has 1 atom stereocenters. The number of halogens is 1. The second kappa shape index (κ2) is 5.76. The minimum Gasteiger partial charge on any atom is -0.338 e. The van der Waals surface area contributed by atoms with Crippen LogP contribution in [-0.4, -0.2) is 34.1 Å². The normalized spacial score (nSPS) is 21.9. The number of H-pyrrole nitrogens is 1. The molecule has 0 unspecified atom stereocenters. The van der Waals surface area contributed by atoms with Crippen LogP contribution in [0.2, 0.25) is 5.02 Å². The smallest absolute Gasteiger partial charge is 0.253 e. The van der Waals surface area contributed by atoms with Crippen molar-refractivity contribution < 1.29 is 4.79 Å². The van der Waals surface area contributed by atoms with E-state index in [-0.39, 0.29) is 11.3 Å². The summed E-state index contributed by atoms with van der Waals surface area (Å²) in [6.45, 7) is 5.76. The summed E-state index contributed by atoms with van der Waals surface area (Å²) in [5.41, 5.74) is 2.92. The van der Waals surface area contributed by atoms with Gasteiger partial charge in [0.05, 0.1) is 6.20 Å². The molecule has 0 spiro atoms. The maximum atomic E-state index is 12.7. The number of hydrogen-bond acceptors (Lipinski definition) is 2. The van der Waals surface area contributed by atoms with Crippen molar-refractivity contribution in [2.45, 2.75) is 32.1 Å². The molecular formula is C17H20ClN3O. The van der Waals surface area contributed by atoms with Crippen LogP contribution in [0, 0.1) is 6.92 Å². The molecule has 2 aromatic rings. The van der Waals surface area contributed by atoms with Gasteiger partial charge in [-0.1, -0.05) is 18.5 Å². The van der Waals surface area contributed by atoms with Crippen LogP contribution in [0.15, 0.2) is 30.5 Å². The number of likely N-dealkylation sites (tertiary alicyclic amines) is 1. The van der Waals surface area contributed by atoms with E-state index in [0.717, 1.165) is 30.6 Å². The third-order valence-electron chi connectivity index (χ3n) is 4.51. The Morgan fingerprint density at radius 1 is 1.36 bits per heavy atom. The minimum absolute atomic E-state index is 0.0685. The highest BCUT2D eigenvalue weighted by molar-refractivity contribution is 6.30. The molecule has 0 bridgehead atoms. The van der Waals surface area contributed by atoms with Crippen molar-refractivity contribution in [2.75, 3.05) is 13.1 Å². The van der Waals surface area contributed by atoms with Crippen molar-refractivity contribution in [1.29, 1.82) is 0 Å². The summed E-state index contributed by atoms with van der Waals surface area (Å²) >= 11 is 5.90. The number of carbonyl (C=O) groups excluding carboxylic acids is 1. The number of aromatic amines is 1. The van der Waals surface area contributed by atoms with Crippen LogP contribution < -0.4 is 0 Å². The van der Waals surface area contributed by atoms with Crippen molar-refractivity contribution >= 4 is 17.5 Å². The molecule has 1 fully saturated rings. The number of amides is 1. The average molecular weight is 318 g/mol. The third kappa shape index (κ3) is 2.75. The number of aromatic nitrogens is 2. The number of benzene rings is 1. The molecule has 1 N–H and O–H groups in total. The molecule has 0 aliphatic carbocycles. The quantitative estimate of drug-likeness (QED) is 0.920. The van der Waals surface area contributed by atoms with Gasteiger partial charge < -0.3 is 4.90 Å². The Labute approximate surface area is 135 Å². The van der Waals surface area contributed by atoms with E-state index in [2.05, 4.69) is 24.0 Å². The first-order valence-corrected chi connectivity index (χ1v) is 7.93. The highest BCUT2D eigenvalue weighted by Crippen LogP contribution is 2.34. The molecule has 116 valence electrons. The lowest BCUT2D eigenvalue weighted by Gasteiger charge is -2.40. The Bertz CT molecular complexity index is 679. The molecular weight excluding hydrogens is 298 g/mol. The summed E-state index contributed by atoms with van der Waals surface area (Å²) in [6, 6.07) is 7.10. The van der Waals surface area contributed by atoms with Crippen LogP contribution in [0.1, 0.15) is 41.4 Å². The summed E-state index contributed by atoms with van der Waals surface area (Å²) in [5, 5.41) is 7.90. The molecule has 1 aromatic heterocycles. The fraction of sp³-hybridized carbons (Fsp3) is 0.412. The molecule has 0 saturated carbocycles. The summed E-state index contributed by atoms with van der Waals surface area (Å²) in [4.78, 5) is 14.6. The first-order chi connectivity index (χ1) is 10.5. The topological polar surface area (TPSA) is 49.0 Å². The van der Waals surface area contributed by atoms with Gasteiger partial charge in [-0.25, -0.2) is 0 Å². The zero-order valence-electron chi connectivity index (χ0n) is 12.9. The van der Waals surface area contributed by atoms with Gasteiger partial charge in [0.25, 0.3) is 5.91 Å². The predicted octanol–water partition coefficient (Wildman–Crippen LogP) is 3.57. The zero-order valence-corrected chi connectivity index (χ0v) is 13.7. The lowest BCUT2D eigenvalue weighted by molar-refractivity contribution is 0.0647. The van der Waals surface area contributed by atoms with Gasteiger partial charge in [-0.15, -0.1) is 0 Å². The zero-order chi connectivity index (χ0) is 15.7. The number of nitrogens with zero attached hydrogens (tertiary/aromatic N) is 2. The molecule has 1 aromatic carbocycles. The molecule has 5 heteroatoms. The Hall–Kier alpha value is -1.81. The van der Waals surface area contributed by atoms with E-state index in [0.29, 0.717) is 17.1 Å². The van der Waals surface area contributed by atoms with Crippen LogP contribution in [0.4, 0.5) is 0 Å². The number of rotatable bonds is 2. The highest BCUT2D eigenvalue weighted by atomic mass is 35.5. The monoisotopic (exact) mass is 317 g/mol. The van der Waals surface area contributed by atoms with E-state index < -0.39 is 0 Å². The van der Waals surface area contributed by atoms with Crippen LogP contribution in [0.3, 0.4) is 0 Å². The Kier molecular flexibility index (Phi) is 3.96. The van der Waals surface area contributed by atoms with E-state index in [1.165, 1.54) is 0 Å². The number of piperidine rings is 1. The van der Waals surface area contributed by atoms with Crippen molar-refractivity contribution in [3.63, 3.8) is 0 Å². The first-order valence-electron chi connectivity index (χ1n) is 7.55. The number of nitrogens with one attached hydrogen (secondary N) is 1. The van der Waals surface area contributed by atoms with Crippen LogP contribution in [0.5, 0.6) is 0 Å². The molecule has 2 heterocycles. The van der Waals surface area contributed by atoms with Gasteiger partial charge in [0.1, 0.15) is 0 Å². The first kappa shape index (κ1) is 15.1. The van der Waals surface area contributed by atoms with Gasteiger partial charge in [0, 0.05) is 34.8 Å². The van der Waals surface area contributed by atoms with Gasteiger partial charge in [-0.05, 0) is 49.6 Å². The fourth-order valence-corrected chi connectivity index (χ4v) is 3.48. The van der Waals surface area contributed by atoms with E-state index >= 15 is 0 Å². The van der Waals surface area contributed by atoms with Gasteiger partial charge in [0.15, 0.2) is 0 Å². The van der Waals surface area contributed by atoms with E-state index in [9.17, 15) is 4.79 Å². The highest BCUT2D eigenvalue weighted by Gasteiger charge is 2.36. The molecule has 1 aliphatic heterocycles. The van der Waals surface area contributed by atoms with Gasteiger partial charge >= 0.3 is 0 Å². The van der Waals surface area contributed by atoms with E-state index in [1.807, 2.05) is 11.1 Å². The minimum atomic E-state index is -0.0685. The number of hydrogen-bond donors (Lipinski definition) is 1. The number of aryl methyl sites for hydroxylation is 1. The number of carbonyl (C=O) groups is 1. The standard InChI is InChI=1S/C17H20ClN3O/c1-12-10-19-20-15(12)17(2)8-3-9-21(11-17)16(22)13-4-6-14(18)7-5-13/h4-7,10H,3,8-9,11H2,1-2H3,(H,19,20)/t17-/m1/s1. The maximum Gasteiger partial charge on any atom is 0.253 e. The third-order valence-corrected chi connectivity index (χ3v) is 4.76. The van der Waals surface area contributed by atoms with Crippen LogP contribution >= 0.6 is 11.6 Å². The Balaban J connectivity index is 1.82. The molecule has 1 aliphatic rings. The van der Waals surface area contributed by atoms with Crippen LogP contribution in [-0.2, 0) is 5.41 Å². The molecule has 4 nitrogen and oxygen atoms in total. The molecule has 1 saturated heterocycles. The molecule has 3 rings (SSSR count). The lowest BCUT2D eigenvalue weighted by atomic mass is 9.77. The van der Waals surface area contributed by atoms with Crippen molar-refractivity contribution in [1.82, 2.24) is 15.1 Å². The Morgan fingerprint density at radius 2 is 2.09 bits per heavy atom. The van der Waals surface area contributed by atoms with Crippen molar-refractivity contribution in [3.05, 3.63) is 52.3 Å². The average Bonchev–Trinajstić information content (AvgIpc) is 2.94. The van der Waals surface area contributed by atoms with Gasteiger partial charge in [0.2, 0.25) is 0 Å². The van der Waals surface area contributed by atoms with Crippen molar-refractivity contribution in [3.8, 4) is 0 Å². The summed E-state index contributed by atoms with van der Waals surface area (Å²) < 4.78 is 0. The molecule has 0 radical (unpaired) electrons. The van der Waals surface area contributed by atoms with Crippen molar-refractivity contribution in [2.24, 2.45) is 0 Å². The maximum absolute atomic E-state index is 12.7. The van der Waals surface area contributed by atoms with Gasteiger partial charge in [-0.2, -0.15) is 5.10 Å². The Morgan fingerprint density at radius 3 is 2.73 bits per heavy atom. The largest absolute Gasteiger partial charge is 0.338 e. The summed E-state index contributed by atoms with van der Waals surface area (Å²) in [5.74, 6) is 0.0692. The van der Waals surface area contributed by atoms with Gasteiger partial charge in [-0.3, -0.25) is 9.89 Å². The summed E-state index contributed by atoms with van der Waals surface area (Å²) in [7, 11) is 0. The summed E-state index contributed by atoms with van der Waals surface area (Å²) in [6.07, 6.45) is 3.90. The second-order valence-electron chi connectivity index (χ2n) is 6.33. The lowest BCUT2D eigenvalue weighted by Crippen LogP contribution is -2.47. The molecule has 1 amide bonds. The van der Waals surface area contributed by atoms with E-state index in [1.54, 1.807) is 24.3 Å². The van der Waals surface area contributed by atoms with Crippen LogP contribution in [0.25, 0.3) is 0 Å². The SMILES string of the molecule is Cc1cn[nH]c1[C@]1(C)CCCN(C(=O)c2ccc(Cl)cc2)C1. The second-order valence-corrected chi connectivity index (χ2v) is 6.76.